The quantitative estimate of drug-likeness (QED) is 0.798. The molecule has 2 N–H and O–H groups in total. The topological polar surface area (TPSA) is 50.7 Å². The van der Waals surface area contributed by atoms with E-state index in [0.29, 0.717) is 12.3 Å². The summed E-state index contributed by atoms with van der Waals surface area (Å²) >= 11 is 3.44. The zero-order chi connectivity index (χ0) is 10.1. The number of hydroxylamine groups is 1. The van der Waals surface area contributed by atoms with Crippen LogP contribution in [0.25, 0.3) is 0 Å². The second kappa shape index (κ2) is 3.76. The number of ether oxygens (including phenoxy) is 2. The molecule has 2 rings (SSSR count). The summed E-state index contributed by atoms with van der Waals surface area (Å²) in [7, 11) is 0. The minimum atomic E-state index is 0.253. The highest BCUT2D eigenvalue weighted by Crippen LogP contribution is 2.42. The van der Waals surface area contributed by atoms with Gasteiger partial charge in [0.15, 0.2) is 11.5 Å². The lowest BCUT2D eigenvalue weighted by Crippen LogP contribution is -2.07. The van der Waals surface area contributed by atoms with Crippen molar-refractivity contribution in [2.24, 2.45) is 0 Å². The van der Waals surface area contributed by atoms with Gasteiger partial charge in [0.1, 0.15) is 0 Å². The smallest absolute Gasteiger partial charge is 0.231 e. The Labute approximate surface area is 89.9 Å². The van der Waals surface area contributed by atoms with Crippen molar-refractivity contribution < 1.29 is 14.7 Å². The molecule has 0 atom stereocenters. The molecule has 1 aliphatic rings. The fraction of sp³-hybridized carbons (Fsp3) is 0.333. The normalized spacial score (nSPS) is 13.4. The highest BCUT2D eigenvalue weighted by molar-refractivity contribution is 9.10. The Morgan fingerprint density at radius 1 is 1.57 bits per heavy atom. The molecule has 0 amide bonds. The summed E-state index contributed by atoms with van der Waals surface area (Å²) < 4.78 is 11.4. The van der Waals surface area contributed by atoms with Gasteiger partial charge in [0.05, 0.1) is 4.47 Å². The molecule has 1 aromatic carbocycles. The first-order valence-electron chi connectivity index (χ1n) is 4.18. The van der Waals surface area contributed by atoms with E-state index < -0.39 is 0 Å². The zero-order valence-corrected chi connectivity index (χ0v) is 9.22. The van der Waals surface area contributed by atoms with E-state index in [4.69, 9.17) is 14.7 Å². The van der Waals surface area contributed by atoms with E-state index in [2.05, 4.69) is 21.4 Å². The zero-order valence-electron chi connectivity index (χ0n) is 7.63. The van der Waals surface area contributed by atoms with Crippen LogP contribution in [-0.4, -0.2) is 12.0 Å². The number of halogens is 1. The fourth-order valence-corrected chi connectivity index (χ4v) is 1.98. The molecule has 0 radical (unpaired) electrons. The van der Waals surface area contributed by atoms with E-state index in [1.807, 2.05) is 13.0 Å². The van der Waals surface area contributed by atoms with Gasteiger partial charge >= 0.3 is 0 Å². The van der Waals surface area contributed by atoms with Crippen LogP contribution >= 0.6 is 15.9 Å². The van der Waals surface area contributed by atoms with Crippen LogP contribution in [0.3, 0.4) is 0 Å². The van der Waals surface area contributed by atoms with Crippen LogP contribution < -0.4 is 15.0 Å². The first-order chi connectivity index (χ1) is 6.74. The first kappa shape index (κ1) is 9.76. The van der Waals surface area contributed by atoms with E-state index in [-0.39, 0.29) is 6.79 Å². The van der Waals surface area contributed by atoms with Crippen LogP contribution in [0.5, 0.6) is 11.5 Å². The third-order valence-corrected chi connectivity index (χ3v) is 3.18. The molecular weight excluding hydrogens is 250 g/mol. The van der Waals surface area contributed by atoms with Gasteiger partial charge in [-0.1, -0.05) is 0 Å². The highest BCUT2D eigenvalue weighted by Gasteiger charge is 2.20. The molecule has 0 saturated carbocycles. The minimum Gasteiger partial charge on any atom is -0.454 e. The molecule has 1 aromatic rings. The lowest BCUT2D eigenvalue weighted by molar-refractivity contribution is 0.161. The van der Waals surface area contributed by atoms with Gasteiger partial charge in [-0.05, 0) is 40.0 Å². The highest BCUT2D eigenvalue weighted by atomic mass is 79.9. The summed E-state index contributed by atoms with van der Waals surface area (Å²) in [5.41, 5.74) is 4.14. The van der Waals surface area contributed by atoms with Crippen molar-refractivity contribution in [1.29, 1.82) is 0 Å². The SMILES string of the molecule is Cc1c(CNO)cc2c(c1Br)OCO2. The lowest BCUT2D eigenvalue weighted by atomic mass is 10.1. The molecule has 0 aliphatic carbocycles. The number of nitrogens with one attached hydrogen (secondary N) is 1. The Kier molecular flexibility index (Phi) is 2.62. The van der Waals surface area contributed by atoms with Crippen molar-refractivity contribution in [1.82, 2.24) is 5.48 Å². The van der Waals surface area contributed by atoms with Gasteiger partial charge < -0.3 is 14.7 Å². The van der Waals surface area contributed by atoms with Crippen LogP contribution in [0.4, 0.5) is 0 Å². The van der Waals surface area contributed by atoms with Gasteiger partial charge in [-0.15, -0.1) is 0 Å². The van der Waals surface area contributed by atoms with Crippen LogP contribution in [0.1, 0.15) is 11.1 Å². The van der Waals surface area contributed by atoms with Gasteiger partial charge in [0.2, 0.25) is 6.79 Å². The first-order valence-corrected chi connectivity index (χ1v) is 4.98. The maximum atomic E-state index is 8.65. The van der Waals surface area contributed by atoms with Crippen molar-refractivity contribution in [2.45, 2.75) is 13.5 Å². The summed E-state index contributed by atoms with van der Waals surface area (Å²) in [6.07, 6.45) is 0. The standard InChI is InChI=1S/C9H10BrNO3/c1-5-6(3-11-12)2-7-9(8(5)10)14-4-13-7/h2,11-12H,3-4H2,1H3. The van der Waals surface area contributed by atoms with Crippen molar-refractivity contribution in [3.8, 4) is 11.5 Å². The summed E-state index contributed by atoms with van der Waals surface area (Å²) in [6.45, 7) is 2.60. The predicted molar refractivity (Wildman–Crippen MR) is 53.6 cm³/mol. The number of hydrogen-bond acceptors (Lipinski definition) is 4. The van der Waals surface area contributed by atoms with E-state index in [9.17, 15) is 0 Å². The summed E-state index contributed by atoms with van der Waals surface area (Å²) in [5.74, 6) is 1.46. The van der Waals surface area contributed by atoms with E-state index in [0.717, 1.165) is 21.3 Å². The number of benzene rings is 1. The molecule has 1 aliphatic heterocycles. The summed E-state index contributed by atoms with van der Waals surface area (Å²) in [6, 6.07) is 1.87. The second-order valence-electron chi connectivity index (χ2n) is 3.04. The number of rotatable bonds is 2. The largest absolute Gasteiger partial charge is 0.454 e. The van der Waals surface area contributed by atoms with E-state index in [1.165, 1.54) is 0 Å². The number of hydrogen-bond donors (Lipinski definition) is 2. The Morgan fingerprint density at radius 3 is 3.07 bits per heavy atom. The predicted octanol–water partition coefficient (Wildman–Crippen LogP) is 1.97. The maximum Gasteiger partial charge on any atom is 0.231 e. The van der Waals surface area contributed by atoms with Crippen LogP contribution in [-0.2, 0) is 6.54 Å². The Bertz CT molecular complexity index is 368. The van der Waals surface area contributed by atoms with Crippen LogP contribution in [0, 0.1) is 6.92 Å². The van der Waals surface area contributed by atoms with Gasteiger partial charge in [-0.3, -0.25) is 0 Å². The average molecular weight is 260 g/mol. The third kappa shape index (κ3) is 1.47. The molecule has 0 spiro atoms. The molecule has 0 aromatic heterocycles. The average Bonchev–Trinajstić information content (AvgIpc) is 2.62. The molecular formula is C9H10BrNO3. The van der Waals surface area contributed by atoms with Crippen molar-refractivity contribution in [3.05, 3.63) is 21.7 Å². The van der Waals surface area contributed by atoms with Crippen LogP contribution in [0.15, 0.2) is 10.5 Å². The van der Waals surface area contributed by atoms with Gasteiger partial charge in [-0.25, -0.2) is 5.48 Å². The second-order valence-corrected chi connectivity index (χ2v) is 3.84. The van der Waals surface area contributed by atoms with Gasteiger partial charge in [0, 0.05) is 6.54 Å². The van der Waals surface area contributed by atoms with Crippen molar-refractivity contribution >= 4 is 15.9 Å². The van der Waals surface area contributed by atoms with Crippen molar-refractivity contribution in [2.75, 3.05) is 6.79 Å². The molecule has 0 unspecified atom stereocenters. The molecule has 0 bridgehead atoms. The van der Waals surface area contributed by atoms with Crippen molar-refractivity contribution in [3.63, 3.8) is 0 Å². The maximum absolute atomic E-state index is 8.65. The van der Waals surface area contributed by atoms with E-state index in [1.54, 1.807) is 0 Å². The fourth-order valence-electron chi connectivity index (χ4n) is 1.41. The van der Waals surface area contributed by atoms with Gasteiger partial charge in [0.25, 0.3) is 0 Å². The molecule has 1 heterocycles. The Balaban J connectivity index is 2.49. The summed E-state index contributed by atoms with van der Waals surface area (Å²) in [4.78, 5) is 0. The third-order valence-electron chi connectivity index (χ3n) is 2.23. The Hall–Kier alpha value is -0.780. The molecule has 0 saturated heterocycles. The monoisotopic (exact) mass is 259 g/mol. The minimum absolute atomic E-state index is 0.253. The molecule has 14 heavy (non-hydrogen) atoms. The molecule has 5 heteroatoms. The number of fused-ring (bicyclic) bond motifs is 1. The van der Waals surface area contributed by atoms with E-state index >= 15 is 0 Å². The van der Waals surface area contributed by atoms with Crippen LogP contribution in [0.2, 0.25) is 0 Å². The lowest BCUT2D eigenvalue weighted by Gasteiger charge is -2.09. The molecule has 4 nitrogen and oxygen atoms in total. The summed E-state index contributed by atoms with van der Waals surface area (Å²) in [5, 5.41) is 8.65. The van der Waals surface area contributed by atoms with Gasteiger partial charge in [-0.2, -0.15) is 0 Å². The Morgan fingerprint density at radius 2 is 2.36 bits per heavy atom. The molecule has 76 valence electrons. The molecule has 0 fully saturated rings.